The first-order valence-corrected chi connectivity index (χ1v) is 6.60. The lowest BCUT2D eigenvalue weighted by Gasteiger charge is -2.13. The topological polar surface area (TPSA) is 27.1 Å². The van der Waals surface area contributed by atoms with E-state index in [1.807, 2.05) is 10.9 Å². The highest BCUT2D eigenvalue weighted by molar-refractivity contribution is 14.1. The van der Waals surface area contributed by atoms with E-state index in [0.717, 1.165) is 17.4 Å². The second kappa shape index (κ2) is 4.61. The maximum atomic E-state index is 5.93. The molecule has 0 amide bonds. The highest BCUT2D eigenvalue weighted by Crippen LogP contribution is 2.33. The molecule has 3 nitrogen and oxygen atoms in total. The third-order valence-corrected chi connectivity index (χ3v) is 3.64. The van der Waals surface area contributed by atoms with Crippen LogP contribution in [0.2, 0.25) is 0 Å². The number of hydrogen-bond acceptors (Lipinski definition) is 2. The van der Waals surface area contributed by atoms with Gasteiger partial charge in [0.25, 0.3) is 0 Å². The van der Waals surface area contributed by atoms with E-state index >= 15 is 0 Å². The molecule has 78 valence electrons. The van der Waals surface area contributed by atoms with E-state index in [9.17, 15) is 0 Å². The fourth-order valence-electron chi connectivity index (χ4n) is 1.92. The van der Waals surface area contributed by atoms with Crippen LogP contribution in [0.15, 0.2) is 12.3 Å². The molecule has 0 bridgehead atoms. The first kappa shape index (κ1) is 10.4. The fraction of sp³-hybridized carbons (Fsp3) is 0.700. The van der Waals surface area contributed by atoms with Gasteiger partial charge in [0, 0.05) is 17.2 Å². The van der Waals surface area contributed by atoms with Crippen LogP contribution in [0.25, 0.3) is 0 Å². The molecule has 2 atom stereocenters. The minimum absolute atomic E-state index is 0.275. The van der Waals surface area contributed by atoms with E-state index in [2.05, 4.69) is 40.7 Å². The van der Waals surface area contributed by atoms with E-state index in [1.165, 1.54) is 12.1 Å². The number of nitrogens with zero attached hydrogens (tertiary/aromatic N) is 2. The van der Waals surface area contributed by atoms with Crippen molar-refractivity contribution in [1.82, 2.24) is 9.78 Å². The summed E-state index contributed by atoms with van der Waals surface area (Å²) >= 11 is 2.39. The zero-order chi connectivity index (χ0) is 9.97. The zero-order valence-electron chi connectivity index (χ0n) is 8.32. The van der Waals surface area contributed by atoms with E-state index in [-0.39, 0.29) is 6.10 Å². The van der Waals surface area contributed by atoms with Crippen LogP contribution in [0.5, 0.6) is 0 Å². The molecule has 2 rings (SSSR count). The lowest BCUT2D eigenvalue weighted by molar-refractivity contribution is 0.0543. The number of aryl methyl sites for hydroxylation is 1. The summed E-state index contributed by atoms with van der Waals surface area (Å²) in [6, 6.07) is 2.07. The van der Waals surface area contributed by atoms with Gasteiger partial charge in [-0.2, -0.15) is 5.10 Å². The molecule has 1 aromatic heterocycles. The van der Waals surface area contributed by atoms with Crippen molar-refractivity contribution >= 4 is 22.6 Å². The Balaban J connectivity index is 2.09. The number of rotatable bonds is 3. The third-order valence-electron chi connectivity index (χ3n) is 2.66. The Morgan fingerprint density at radius 2 is 2.50 bits per heavy atom. The van der Waals surface area contributed by atoms with Gasteiger partial charge in [-0.1, -0.05) is 22.6 Å². The summed E-state index contributed by atoms with van der Waals surface area (Å²) in [4.78, 5) is 0. The molecule has 2 unspecified atom stereocenters. The van der Waals surface area contributed by atoms with Crippen LogP contribution in [0.4, 0.5) is 0 Å². The molecule has 14 heavy (non-hydrogen) atoms. The molecule has 0 saturated carbocycles. The van der Waals surface area contributed by atoms with Gasteiger partial charge in [0.1, 0.15) is 0 Å². The van der Waals surface area contributed by atoms with E-state index in [1.54, 1.807) is 0 Å². The Kier molecular flexibility index (Phi) is 3.43. The smallest absolute Gasteiger partial charge is 0.0996 e. The van der Waals surface area contributed by atoms with Crippen LogP contribution in [0.3, 0.4) is 0 Å². The number of halogens is 1. The normalized spacial score (nSPS) is 27.0. The molecule has 1 aliphatic heterocycles. The van der Waals surface area contributed by atoms with Crippen molar-refractivity contribution < 1.29 is 4.74 Å². The molecule has 4 heteroatoms. The van der Waals surface area contributed by atoms with Gasteiger partial charge >= 0.3 is 0 Å². The van der Waals surface area contributed by atoms with E-state index < -0.39 is 0 Å². The molecule has 0 aliphatic carbocycles. The zero-order valence-corrected chi connectivity index (χ0v) is 10.5. The van der Waals surface area contributed by atoms with Crippen LogP contribution >= 0.6 is 22.6 Å². The average Bonchev–Trinajstić information content (AvgIpc) is 2.85. The second-order valence-corrected chi connectivity index (χ2v) is 4.43. The molecule has 0 spiro atoms. The first-order valence-electron chi connectivity index (χ1n) is 5.08. The highest BCUT2D eigenvalue weighted by Gasteiger charge is 2.27. The number of aromatic nitrogens is 2. The van der Waals surface area contributed by atoms with Crippen LogP contribution in [-0.4, -0.2) is 20.3 Å². The van der Waals surface area contributed by atoms with Crippen LogP contribution < -0.4 is 0 Å². The molecule has 1 fully saturated rings. The second-order valence-electron chi connectivity index (χ2n) is 3.55. The van der Waals surface area contributed by atoms with E-state index in [0.29, 0.717) is 6.10 Å². The molecule has 1 saturated heterocycles. The largest absolute Gasteiger partial charge is 0.368 e. The number of ether oxygens (including phenoxy) is 1. The highest BCUT2D eigenvalue weighted by atomic mass is 127. The standard InChI is InChI=1S/C10H15IN2O/c1-2-13-9(5-6-12-13)10-4-3-8(7-11)14-10/h5-6,8,10H,2-4,7H2,1H3. The summed E-state index contributed by atoms with van der Waals surface area (Å²) in [6.45, 7) is 3.04. The fourth-order valence-corrected chi connectivity index (χ4v) is 2.57. The summed E-state index contributed by atoms with van der Waals surface area (Å²) in [5.41, 5.74) is 1.24. The molecule has 1 aliphatic rings. The molecular weight excluding hydrogens is 291 g/mol. The minimum Gasteiger partial charge on any atom is -0.368 e. The van der Waals surface area contributed by atoms with Crippen LogP contribution in [-0.2, 0) is 11.3 Å². The molecule has 1 aromatic rings. The first-order chi connectivity index (χ1) is 6.85. The Morgan fingerprint density at radius 3 is 3.14 bits per heavy atom. The SMILES string of the molecule is CCn1nccc1C1CCC(CI)O1. The predicted octanol–water partition coefficient (Wildman–Crippen LogP) is 2.56. The Labute approximate surface area is 98.0 Å². The van der Waals surface area contributed by atoms with Crippen molar-refractivity contribution in [1.29, 1.82) is 0 Å². The van der Waals surface area contributed by atoms with Crippen LogP contribution in [0, 0.1) is 0 Å². The maximum Gasteiger partial charge on any atom is 0.0996 e. The van der Waals surface area contributed by atoms with Gasteiger partial charge in [-0.15, -0.1) is 0 Å². The molecular formula is C10H15IN2O. The summed E-state index contributed by atoms with van der Waals surface area (Å²) in [7, 11) is 0. The average molecular weight is 306 g/mol. The van der Waals surface area contributed by atoms with E-state index in [4.69, 9.17) is 4.74 Å². The van der Waals surface area contributed by atoms with Crippen LogP contribution in [0.1, 0.15) is 31.6 Å². The van der Waals surface area contributed by atoms with Gasteiger partial charge < -0.3 is 4.74 Å². The van der Waals surface area contributed by atoms with Crippen molar-refractivity contribution in [3.63, 3.8) is 0 Å². The Bertz CT molecular complexity index is 300. The van der Waals surface area contributed by atoms with Crippen molar-refractivity contribution in [3.8, 4) is 0 Å². The third kappa shape index (κ3) is 1.95. The van der Waals surface area contributed by atoms with Gasteiger partial charge in [-0.3, -0.25) is 4.68 Å². The predicted molar refractivity (Wildman–Crippen MR) is 63.6 cm³/mol. The van der Waals surface area contributed by atoms with Gasteiger partial charge in [0.2, 0.25) is 0 Å². The quantitative estimate of drug-likeness (QED) is 0.634. The molecule has 0 N–H and O–H groups in total. The summed E-state index contributed by atoms with van der Waals surface area (Å²) < 4.78 is 9.05. The maximum absolute atomic E-state index is 5.93. The van der Waals surface area contributed by atoms with Gasteiger partial charge in [-0.25, -0.2) is 0 Å². The van der Waals surface area contributed by atoms with Crippen molar-refractivity contribution in [2.45, 2.75) is 38.5 Å². The molecule has 0 radical (unpaired) electrons. The lowest BCUT2D eigenvalue weighted by atomic mass is 10.1. The lowest BCUT2D eigenvalue weighted by Crippen LogP contribution is -2.11. The Hall–Kier alpha value is -0.100. The van der Waals surface area contributed by atoms with Gasteiger partial charge in [0.05, 0.1) is 17.9 Å². The van der Waals surface area contributed by atoms with Gasteiger partial charge in [0.15, 0.2) is 0 Å². The molecule has 0 aromatic carbocycles. The van der Waals surface area contributed by atoms with Gasteiger partial charge in [-0.05, 0) is 25.8 Å². The summed E-state index contributed by atoms with van der Waals surface area (Å²) in [5.74, 6) is 0. The molecule has 2 heterocycles. The monoisotopic (exact) mass is 306 g/mol. The van der Waals surface area contributed by atoms with Crippen molar-refractivity contribution in [2.75, 3.05) is 4.43 Å². The number of hydrogen-bond donors (Lipinski definition) is 0. The van der Waals surface area contributed by atoms with Crippen molar-refractivity contribution in [2.24, 2.45) is 0 Å². The Morgan fingerprint density at radius 1 is 1.64 bits per heavy atom. The van der Waals surface area contributed by atoms with Crippen molar-refractivity contribution in [3.05, 3.63) is 18.0 Å². The summed E-state index contributed by atoms with van der Waals surface area (Å²) in [5, 5.41) is 4.26. The number of alkyl halides is 1. The minimum atomic E-state index is 0.275. The summed E-state index contributed by atoms with van der Waals surface area (Å²) in [6.07, 6.45) is 4.90.